The molecule has 2 aliphatic heterocycles. The monoisotopic (exact) mass is 368 g/mol. The maximum absolute atomic E-state index is 9.47. The number of hydrogen-bond donors (Lipinski definition) is 0. The van der Waals surface area contributed by atoms with Crippen molar-refractivity contribution in [2.24, 2.45) is 0 Å². The predicted octanol–water partition coefficient (Wildman–Crippen LogP) is 3.59. The van der Waals surface area contributed by atoms with Gasteiger partial charge < -0.3 is 9.30 Å². The number of para-hydroxylation sites is 2. The van der Waals surface area contributed by atoms with Gasteiger partial charge in [-0.15, -0.1) is 0 Å². The van der Waals surface area contributed by atoms with Crippen molar-refractivity contribution in [3.05, 3.63) is 84.4 Å². The molecule has 2 aliphatic rings. The van der Waals surface area contributed by atoms with E-state index in [1.54, 1.807) is 0 Å². The molecule has 7 rings (SSSR count). The van der Waals surface area contributed by atoms with Crippen LogP contribution in [-0.2, 0) is 0 Å². The van der Waals surface area contributed by atoms with E-state index in [-0.39, 0.29) is 6.71 Å². The molecule has 29 heavy (non-hydrogen) atoms. The zero-order chi connectivity index (χ0) is 19.1. The van der Waals surface area contributed by atoms with E-state index in [2.05, 4.69) is 65.2 Å². The molecule has 132 valence electrons. The molecule has 0 radical (unpaired) electrons. The number of fused-ring (bicyclic) bond motifs is 7. The molecule has 0 saturated carbocycles. The van der Waals surface area contributed by atoms with Gasteiger partial charge in [0.05, 0.1) is 17.1 Å². The second-order valence-electron chi connectivity index (χ2n) is 7.68. The van der Waals surface area contributed by atoms with Gasteiger partial charge >= 0.3 is 0 Å². The third kappa shape index (κ3) is 1.73. The molecule has 0 bridgehead atoms. The Morgan fingerprint density at radius 3 is 2.59 bits per heavy atom. The lowest BCUT2D eigenvalue weighted by Crippen LogP contribution is -2.58. The standard InChI is InChI=1S/C25H13BN2O/c27-14-15-11-12-22-19(13-15)26-18-7-3-6-17-16-5-1-2-8-20(16)28(25(17)18)21-9-4-10-23(29-22)24(21)26/h1-13H. The first kappa shape index (κ1) is 15.0. The fraction of sp³-hybridized carbons (Fsp3) is 0. The SMILES string of the molecule is N#Cc1ccc2c(c1)B1c3c(cccc3-n3c4ccccc4c4cccc1c43)O2. The van der Waals surface area contributed by atoms with Crippen molar-refractivity contribution in [1.29, 1.82) is 5.26 Å². The maximum Gasteiger partial charge on any atom is 0.256 e. The summed E-state index contributed by atoms with van der Waals surface area (Å²) >= 11 is 0. The van der Waals surface area contributed by atoms with Crippen LogP contribution in [0, 0.1) is 11.3 Å². The van der Waals surface area contributed by atoms with E-state index in [9.17, 15) is 5.26 Å². The molecule has 0 N–H and O–H groups in total. The summed E-state index contributed by atoms with van der Waals surface area (Å²) < 4.78 is 8.67. The molecule has 3 nitrogen and oxygen atoms in total. The van der Waals surface area contributed by atoms with E-state index in [1.165, 1.54) is 32.7 Å². The van der Waals surface area contributed by atoms with Gasteiger partial charge in [-0.25, -0.2) is 0 Å². The Morgan fingerprint density at radius 1 is 0.793 bits per heavy atom. The molecule has 0 amide bonds. The molecule has 1 aromatic heterocycles. The van der Waals surface area contributed by atoms with Gasteiger partial charge in [-0.2, -0.15) is 5.26 Å². The smallest absolute Gasteiger partial charge is 0.256 e. The van der Waals surface area contributed by atoms with Crippen LogP contribution >= 0.6 is 0 Å². The molecule has 0 unspecified atom stereocenters. The molecule has 5 aromatic rings. The van der Waals surface area contributed by atoms with Crippen LogP contribution in [-0.4, -0.2) is 11.3 Å². The van der Waals surface area contributed by atoms with Crippen molar-refractivity contribution < 1.29 is 4.74 Å². The molecular formula is C25H13BN2O. The van der Waals surface area contributed by atoms with Gasteiger partial charge in [0.2, 0.25) is 0 Å². The van der Waals surface area contributed by atoms with E-state index < -0.39 is 0 Å². The summed E-state index contributed by atoms with van der Waals surface area (Å²) in [6.07, 6.45) is 0. The fourth-order valence-electron chi connectivity index (χ4n) is 5.17. The minimum Gasteiger partial charge on any atom is -0.458 e. The number of rotatable bonds is 0. The van der Waals surface area contributed by atoms with Gasteiger partial charge in [-0.3, -0.25) is 0 Å². The van der Waals surface area contributed by atoms with Crippen LogP contribution in [0.1, 0.15) is 5.56 Å². The summed E-state index contributed by atoms with van der Waals surface area (Å²) in [6, 6.07) is 29.4. The first-order valence-electron chi connectivity index (χ1n) is 9.72. The van der Waals surface area contributed by atoms with Crippen LogP contribution in [0.4, 0.5) is 0 Å². The van der Waals surface area contributed by atoms with Crippen molar-refractivity contribution in [3.63, 3.8) is 0 Å². The number of aromatic nitrogens is 1. The average Bonchev–Trinajstić information content (AvgIpc) is 3.12. The van der Waals surface area contributed by atoms with Gasteiger partial charge in [0.15, 0.2) is 0 Å². The topological polar surface area (TPSA) is 38.0 Å². The van der Waals surface area contributed by atoms with E-state index >= 15 is 0 Å². The zero-order valence-corrected chi connectivity index (χ0v) is 15.4. The van der Waals surface area contributed by atoms with Crippen molar-refractivity contribution in [2.75, 3.05) is 0 Å². The van der Waals surface area contributed by atoms with Crippen LogP contribution in [0.2, 0.25) is 0 Å². The second kappa shape index (κ2) is 5.09. The summed E-state index contributed by atoms with van der Waals surface area (Å²) in [5.41, 5.74) is 7.77. The highest BCUT2D eigenvalue weighted by atomic mass is 16.5. The summed E-state index contributed by atoms with van der Waals surface area (Å²) in [4.78, 5) is 0. The number of ether oxygens (including phenoxy) is 1. The number of hydrogen-bond acceptors (Lipinski definition) is 2. The van der Waals surface area contributed by atoms with Crippen molar-refractivity contribution in [2.45, 2.75) is 0 Å². The molecule has 0 fully saturated rings. The van der Waals surface area contributed by atoms with Crippen LogP contribution in [0.5, 0.6) is 11.5 Å². The van der Waals surface area contributed by atoms with Crippen molar-refractivity contribution in [3.8, 4) is 23.3 Å². The number of benzene rings is 4. The van der Waals surface area contributed by atoms with Gasteiger partial charge in [-0.05, 0) is 52.8 Å². The fourth-order valence-corrected chi connectivity index (χ4v) is 5.17. The van der Waals surface area contributed by atoms with Crippen molar-refractivity contribution in [1.82, 2.24) is 4.57 Å². The summed E-state index contributed by atoms with van der Waals surface area (Å²) in [7, 11) is 0. The molecule has 0 saturated heterocycles. The van der Waals surface area contributed by atoms with E-state index in [4.69, 9.17) is 4.74 Å². The average molecular weight is 368 g/mol. The largest absolute Gasteiger partial charge is 0.458 e. The summed E-state index contributed by atoms with van der Waals surface area (Å²) in [5, 5.41) is 12.0. The third-order valence-corrected chi connectivity index (χ3v) is 6.28. The lowest BCUT2D eigenvalue weighted by Gasteiger charge is -2.33. The Bertz CT molecular complexity index is 1560. The lowest BCUT2D eigenvalue weighted by atomic mass is 9.34. The van der Waals surface area contributed by atoms with Gasteiger partial charge in [0, 0.05) is 22.0 Å². The maximum atomic E-state index is 9.47. The molecule has 0 atom stereocenters. The highest BCUT2D eigenvalue weighted by Gasteiger charge is 2.40. The van der Waals surface area contributed by atoms with Crippen LogP contribution in [0.25, 0.3) is 27.5 Å². The first-order chi connectivity index (χ1) is 14.3. The van der Waals surface area contributed by atoms with Crippen LogP contribution < -0.4 is 21.1 Å². The van der Waals surface area contributed by atoms with Gasteiger partial charge in [-0.1, -0.05) is 42.5 Å². The van der Waals surface area contributed by atoms with E-state index in [0.29, 0.717) is 5.56 Å². The minimum atomic E-state index is 0.0544. The van der Waals surface area contributed by atoms with E-state index in [0.717, 1.165) is 22.6 Å². The van der Waals surface area contributed by atoms with Gasteiger partial charge in [0.1, 0.15) is 11.5 Å². The zero-order valence-electron chi connectivity index (χ0n) is 15.4. The Morgan fingerprint density at radius 2 is 1.66 bits per heavy atom. The Kier molecular flexibility index (Phi) is 2.64. The predicted molar refractivity (Wildman–Crippen MR) is 117 cm³/mol. The van der Waals surface area contributed by atoms with Gasteiger partial charge in [0.25, 0.3) is 6.71 Å². The van der Waals surface area contributed by atoms with E-state index in [1.807, 2.05) is 24.3 Å². The van der Waals surface area contributed by atoms with Crippen LogP contribution in [0.15, 0.2) is 78.9 Å². The highest BCUT2D eigenvalue weighted by molar-refractivity contribution is 6.99. The second-order valence-corrected chi connectivity index (χ2v) is 7.68. The molecular weight excluding hydrogens is 355 g/mol. The minimum absolute atomic E-state index is 0.0544. The lowest BCUT2D eigenvalue weighted by molar-refractivity contribution is 0.487. The quantitative estimate of drug-likeness (QED) is 0.384. The third-order valence-electron chi connectivity index (χ3n) is 6.28. The van der Waals surface area contributed by atoms with Crippen LogP contribution in [0.3, 0.4) is 0 Å². The Labute approximate surface area is 167 Å². The Hall–Kier alpha value is -3.97. The highest BCUT2D eigenvalue weighted by Crippen LogP contribution is 2.36. The number of nitrogens with zero attached hydrogens (tertiary/aromatic N) is 2. The normalized spacial score (nSPS) is 13.0. The first-order valence-corrected chi connectivity index (χ1v) is 9.72. The van der Waals surface area contributed by atoms with Crippen molar-refractivity contribution >= 4 is 44.9 Å². The molecule has 4 heteroatoms. The molecule has 3 heterocycles. The summed E-state index contributed by atoms with van der Waals surface area (Å²) in [6.45, 7) is 0.0544. The molecule has 0 spiro atoms. The molecule has 0 aliphatic carbocycles. The number of nitriles is 1. The summed E-state index contributed by atoms with van der Waals surface area (Å²) in [5.74, 6) is 1.73. The Balaban J connectivity index is 1.72. The molecule has 4 aromatic carbocycles.